The lowest BCUT2D eigenvalue weighted by Crippen LogP contribution is -2.07. The Morgan fingerprint density at radius 1 is 0.179 bits per heavy atom. The summed E-state index contributed by atoms with van der Waals surface area (Å²) in [5.41, 5.74) is 8.28. The summed E-state index contributed by atoms with van der Waals surface area (Å²) in [4.78, 5) is 0. The van der Waals surface area contributed by atoms with Crippen LogP contribution < -0.4 is 28.4 Å². The summed E-state index contributed by atoms with van der Waals surface area (Å²) in [6.45, 7) is 0. The van der Waals surface area contributed by atoms with Crippen molar-refractivity contribution in [2.75, 3.05) is 42.7 Å². The molecule has 0 radical (unpaired) electrons. The molecule has 6 saturated carbocycles. The summed E-state index contributed by atoms with van der Waals surface area (Å²) in [6, 6.07) is 30.3. The number of hydrogen-bond acceptors (Lipinski definition) is 6. The van der Waals surface area contributed by atoms with Gasteiger partial charge < -0.3 is 28.4 Å². The summed E-state index contributed by atoms with van der Waals surface area (Å²) >= 11 is 0. The Morgan fingerprint density at radius 3 is 0.381 bits per heavy atom. The van der Waals surface area contributed by atoms with Gasteiger partial charge in [-0.05, 0) is 219 Å². The first kappa shape index (κ1) is 57.2. The standard InChI is InChI=1S/C78H96O6/c1-79-73-61-37-55(49-25-13-7-14-26-49)38-62(73)64-40-57(51-29-17-9-18-30-51)42-66(75(64)81-3)68-44-59(53-33-21-11-22-34-53)46-70(77(68)83-5)72-48-60(54-35-23-12-24-36-54)47-71(78(72)84-6)69-45-58(52-31-19-10-20-32-52)43-67(76(69)82-4)65-41-56(39-63(61)74(65)80-2)50-27-15-8-16-28-50/h37-54H,7-36H2,1-6H3. The van der Waals surface area contributed by atoms with Crippen LogP contribution in [0.2, 0.25) is 0 Å². The highest BCUT2D eigenvalue weighted by atomic mass is 16.5. The van der Waals surface area contributed by atoms with Crippen molar-refractivity contribution in [1.29, 1.82) is 0 Å². The molecule has 0 amide bonds. The molecule has 12 bridgehead atoms. The van der Waals surface area contributed by atoms with E-state index >= 15 is 0 Å². The van der Waals surface area contributed by atoms with E-state index in [1.165, 1.54) is 226 Å². The Hall–Kier alpha value is -5.88. The summed E-state index contributed by atoms with van der Waals surface area (Å²) < 4.78 is 42.5. The van der Waals surface area contributed by atoms with Crippen molar-refractivity contribution in [1.82, 2.24) is 0 Å². The predicted octanol–water partition coefficient (Wildman–Crippen LogP) is 22.6. The van der Waals surface area contributed by atoms with E-state index in [2.05, 4.69) is 72.8 Å². The molecular weight excluding hydrogens is 1030 g/mol. The Labute approximate surface area is 502 Å². The monoisotopic (exact) mass is 1130 g/mol. The second kappa shape index (κ2) is 25.6. The van der Waals surface area contributed by atoms with Crippen LogP contribution in [0, 0.1) is 0 Å². The number of benzene rings is 6. The van der Waals surface area contributed by atoms with Gasteiger partial charge in [0.1, 0.15) is 34.5 Å². The maximum atomic E-state index is 7.08. The average molecular weight is 1130 g/mol. The molecule has 0 aliphatic heterocycles. The molecule has 0 spiro atoms. The third kappa shape index (κ3) is 10.9. The maximum absolute atomic E-state index is 7.08. The van der Waals surface area contributed by atoms with Gasteiger partial charge in [-0.2, -0.15) is 0 Å². The highest BCUT2D eigenvalue weighted by Crippen LogP contribution is 2.53. The van der Waals surface area contributed by atoms with E-state index in [1.807, 2.05) is 42.7 Å². The van der Waals surface area contributed by atoms with Gasteiger partial charge in [0, 0.05) is 64.6 Å². The molecule has 444 valence electrons. The smallest absolute Gasteiger partial charge is 0.134 e. The molecule has 7 aromatic rings. The maximum Gasteiger partial charge on any atom is 0.134 e. The van der Waals surface area contributed by atoms with Gasteiger partial charge in [-0.1, -0.05) is 116 Å². The van der Waals surface area contributed by atoms with Gasteiger partial charge in [0.15, 0.2) is 0 Å². The second-order valence-corrected chi connectivity index (χ2v) is 26.9. The van der Waals surface area contributed by atoms with E-state index in [4.69, 9.17) is 28.4 Å². The molecule has 6 heteroatoms. The number of ether oxygens (including phenoxy) is 6. The Balaban J connectivity index is 1.34. The van der Waals surface area contributed by atoms with Crippen molar-refractivity contribution in [3.05, 3.63) is 106 Å². The summed E-state index contributed by atoms with van der Waals surface area (Å²) in [7, 11) is 11.4. The third-order valence-corrected chi connectivity index (χ3v) is 22.1. The molecule has 0 N–H and O–H groups in total. The SMILES string of the molecule is COc1c2cc(C3CCCCC3)cc1c1cc(C3CCCCC3)cc(c1OC)c1cc(C3CCCCC3)cc(c1OC)c1cc(C3CCCCC3)cc(c1OC)c1cc(C3CCCCC3)cc(c1OC)c1cc(C3CCCCC3)cc2c1OC. The normalized spacial score (nSPS) is 19.5. The zero-order valence-corrected chi connectivity index (χ0v) is 52.1. The summed E-state index contributed by atoms with van der Waals surface area (Å²) in [5.74, 6) is 7.74. The molecule has 7 aromatic carbocycles. The van der Waals surface area contributed by atoms with E-state index in [-0.39, 0.29) is 0 Å². The van der Waals surface area contributed by atoms with E-state index in [1.54, 1.807) is 0 Å². The van der Waals surface area contributed by atoms with Crippen LogP contribution in [0.25, 0.3) is 64.6 Å². The first-order valence-corrected chi connectivity index (χ1v) is 33.7. The van der Waals surface area contributed by atoms with Crippen molar-refractivity contribution < 1.29 is 28.4 Å². The molecule has 6 aliphatic carbocycles. The molecule has 0 heterocycles. The van der Waals surface area contributed by atoms with Crippen LogP contribution >= 0.6 is 0 Å². The molecule has 84 heavy (non-hydrogen) atoms. The summed E-state index contributed by atoms with van der Waals surface area (Å²) in [6.07, 6.45) is 36.7. The third-order valence-electron chi connectivity index (χ3n) is 22.1. The van der Waals surface area contributed by atoms with Gasteiger partial charge >= 0.3 is 0 Å². The average Bonchev–Trinajstić information content (AvgIpc) is 1.51. The lowest BCUT2D eigenvalue weighted by molar-refractivity contribution is 0.416. The molecule has 0 unspecified atom stereocenters. The highest BCUT2D eigenvalue weighted by Gasteiger charge is 2.29. The van der Waals surface area contributed by atoms with Crippen LogP contribution in [0.5, 0.6) is 34.5 Å². The Kier molecular flexibility index (Phi) is 17.4. The fourth-order valence-corrected chi connectivity index (χ4v) is 17.7. The quantitative estimate of drug-likeness (QED) is 0.122. The minimum Gasteiger partial charge on any atom is -0.495 e. The molecule has 6 aliphatic rings. The lowest BCUT2D eigenvalue weighted by Gasteiger charge is -2.27. The minimum atomic E-state index is 0.422. The zero-order valence-electron chi connectivity index (χ0n) is 52.1. The number of rotatable bonds is 12. The first-order chi connectivity index (χ1) is 41.4. The van der Waals surface area contributed by atoms with E-state index in [0.717, 1.165) is 99.1 Å². The van der Waals surface area contributed by atoms with Crippen LogP contribution in [-0.2, 0) is 0 Å². The van der Waals surface area contributed by atoms with Gasteiger partial charge in [0.25, 0.3) is 0 Å². The second-order valence-electron chi connectivity index (χ2n) is 26.9. The van der Waals surface area contributed by atoms with Crippen LogP contribution in [0.1, 0.15) is 262 Å². The first-order valence-electron chi connectivity index (χ1n) is 33.7. The van der Waals surface area contributed by atoms with Crippen LogP contribution in [0.4, 0.5) is 0 Å². The van der Waals surface area contributed by atoms with Gasteiger partial charge in [-0.3, -0.25) is 0 Å². The number of hydrogen-bond donors (Lipinski definition) is 0. The van der Waals surface area contributed by atoms with Gasteiger partial charge in [0.05, 0.1) is 42.7 Å². The fourth-order valence-electron chi connectivity index (χ4n) is 17.7. The summed E-state index contributed by atoms with van der Waals surface area (Å²) in [5, 5.41) is 13.1. The van der Waals surface area contributed by atoms with Crippen molar-refractivity contribution >= 4 is 64.6 Å². The van der Waals surface area contributed by atoms with E-state index in [9.17, 15) is 0 Å². The van der Waals surface area contributed by atoms with Crippen molar-refractivity contribution in [3.8, 4) is 34.5 Å². The molecule has 13 rings (SSSR count). The van der Waals surface area contributed by atoms with Crippen LogP contribution in [-0.4, -0.2) is 42.7 Å². The van der Waals surface area contributed by atoms with Gasteiger partial charge in [0.2, 0.25) is 0 Å². The fraction of sp³-hybridized carbons (Fsp3) is 0.538. The minimum absolute atomic E-state index is 0.422. The highest BCUT2D eigenvalue weighted by molar-refractivity contribution is 6.15. The Morgan fingerprint density at radius 2 is 0.286 bits per heavy atom. The van der Waals surface area contributed by atoms with Crippen molar-refractivity contribution in [2.24, 2.45) is 0 Å². The zero-order chi connectivity index (χ0) is 57.3. The predicted molar refractivity (Wildman–Crippen MR) is 352 cm³/mol. The number of fused-ring (bicyclic) bond motifs is 18. The van der Waals surface area contributed by atoms with Gasteiger partial charge in [-0.25, -0.2) is 0 Å². The Bertz CT molecular complexity index is 2870. The lowest BCUT2D eigenvalue weighted by atomic mass is 9.80. The van der Waals surface area contributed by atoms with Crippen molar-refractivity contribution in [2.45, 2.75) is 228 Å². The van der Waals surface area contributed by atoms with Crippen molar-refractivity contribution in [3.63, 3.8) is 0 Å². The van der Waals surface area contributed by atoms with Crippen LogP contribution in [0.3, 0.4) is 0 Å². The largest absolute Gasteiger partial charge is 0.495 e. The van der Waals surface area contributed by atoms with E-state index in [0.29, 0.717) is 35.5 Å². The van der Waals surface area contributed by atoms with Crippen LogP contribution in [0.15, 0.2) is 72.8 Å². The van der Waals surface area contributed by atoms with Gasteiger partial charge in [-0.15, -0.1) is 0 Å². The number of methoxy groups -OCH3 is 6. The van der Waals surface area contributed by atoms with E-state index < -0.39 is 0 Å². The molecule has 0 aromatic heterocycles. The molecule has 0 atom stereocenters. The topological polar surface area (TPSA) is 55.4 Å². The molecule has 6 fully saturated rings. The molecule has 0 saturated heterocycles. The molecular formula is C78H96O6. The molecule has 6 nitrogen and oxygen atoms in total.